The van der Waals surface area contributed by atoms with Crippen LogP contribution >= 0.6 is 11.3 Å². The van der Waals surface area contributed by atoms with Gasteiger partial charge < -0.3 is 5.11 Å². The Hall–Kier alpha value is -0.920. The molecule has 2 N–H and O–H groups in total. The Balaban J connectivity index is 2.86. The van der Waals surface area contributed by atoms with E-state index in [1.807, 2.05) is 6.92 Å². The van der Waals surface area contributed by atoms with Gasteiger partial charge in [0.1, 0.15) is 10.3 Å². The van der Waals surface area contributed by atoms with Gasteiger partial charge in [-0.3, -0.25) is 4.79 Å². The van der Waals surface area contributed by atoms with Gasteiger partial charge in [-0.1, -0.05) is 19.8 Å². The van der Waals surface area contributed by atoms with Crippen LogP contribution in [-0.2, 0) is 14.8 Å². The quantitative estimate of drug-likeness (QED) is 0.804. The lowest BCUT2D eigenvalue weighted by atomic mass is 10.1. The summed E-state index contributed by atoms with van der Waals surface area (Å²) in [4.78, 5) is 11.0. The fourth-order valence-electron chi connectivity index (χ4n) is 1.52. The third kappa shape index (κ3) is 3.79. The molecule has 0 saturated heterocycles. The van der Waals surface area contributed by atoms with Gasteiger partial charge in [0.25, 0.3) is 10.0 Å². The van der Waals surface area contributed by atoms with Crippen LogP contribution in [0.3, 0.4) is 0 Å². The molecule has 1 heterocycles. The minimum atomic E-state index is -3.73. The average Bonchev–Trinajstić information content (AvgIpc) is 2.71. The zero-order chi connectivity index (χ0) is 13.8. The molecule has 102 valence electrons. The number of carbonyl (C=O) groups is 1. The highest BCUT2D eigenvalue weighted by molar-refractivity contribution is 7.91. The van der Waals surface area contributed by atoms with Crippen molar-refractivity contribution >= 4 is 27.3 Å². The number of aliphatic carboxylic acids is 1. The van der Waals surface area contributed by atoms with Gasteiger partial charge in [-0.2, -0.15) is 4.72 Å². The van der Waals surface area contributed by atoms with Crippen molar-refractivity contribution in [2.45, 2.75) is 43.4 Å². The summed E-state index contributed by atoms with van der Waals surface area (Å²) >= 11 is 1.09. The molecule has 0 aliphatic heterocycles. The molecular weight excluding hydrogens is 274 g/mol. The van der Waals surface area contributed by atoms with E-state index in [1.54, 1.807) is 18.4 Å². The molecule has 1 aromatic heterocycles. The zero-order valence-corrected chi connectivity index (χ0v) is 12.0. The number of thiophene rings is 1. The largest absolute Gasteiger partial charge is 0.480 e. The second-order valence-corrected chi connectivity index (χ2v) is 6.87. The van der Waals surface area contributed by atoms with Crippen molar-refractivity contribution < 1.29 is 18.3 Å². The lowest BCUT2D eigenvalue weighted by Gasteiger charge is -2.13. The maximum Gasteiger partial charge on any atom is 0.321 e. The van der Waals surface area contributed by atoms with Crippen molar-refractivity contribution in [1.82, 2.24) is 4.72 Å². The molecule has 1 rings (SSSR count). The smallest absolute Gasteiger partial charge is 0.321 e. The molecule has 1 aromatic rings. The molecule has 0 amide bonds. The summed E-state index contributed by atoms with van der Waals surface area (Å²) in [5, 5.41) is 10.7. The van der Waals surface area contributed by atoms with Crippen molar-refractivity contribution in [3.63, 3.8) is 0 Å². The van der Waals surface area contributed by atoms with Crippen LogP contribution in [0, 0.1) is 6.92 Å². The van der Waals surface area contributed by atoms with E-state index >= 15 is 0 Å². The minimum absolute atomic E-state index is 0.185. The Bertz CT molecular complexity index is 507. The third-order valence-electron chi connectivity index (χ3n) is 2.50. The molecule has 5 nitrogen and oxygen atoms in total. The van der Waals surface area contributed by atoms with Crippen LogP contribution in [0.1, 0.15) is 31.7 Å². The number of carboxylic acids is 1. The second-order valence-electron chi connectivity index (χ2n) is 4.05. The number of sulfonamides is 1. The normalized spacial score (nSPS) is 13.4. The van der Waals surface area contributed by atoms with Gasteiger partial charge in [-0.15, -0.1) is 11.3 Å². The maximum atomic E-state index is 12.0. The summed E-state index contributed by atoms with van der Waals surface area (Å²) in [6.45, 7) is 3.61. The summed E-state index contributed by atoms with van der Waals surface area (Å²) in [5.41, 5.74) is 0.632. The molecule has 0 fully saturated rings. The third-order valence-corrected chi connectivity index (χ3v) is 5.66. The predicted octanol–water partition coefficient (Wildman–Crippen LogP) is 1.98. The molecule has 0 aliphatic rings. The van der Waals surface area contributed by atoms with Crippen molar-refractivity contribution in [3.05, 3.63) is 17.0 Å². The van der Waals surface area contributed by atoms with E-state index in [1.165, 1.54) is 0 Å². The van der Waals surface area contributed by atoms with Crippen molar-refractivity contribution in [2.75, 3.05) is 0 Å². The number of rotatable bonds is 7. The molecule has 1 atom stereocenters. The van der Waals surface area contributed by atoms with Crippen LogP contribution < -0.4 is 4.72 Å². The highest BCUT2D eigenvalue weighted by Crippen LogP contribution is 2.22. The van der Waals surface area contributed by atoms with Gasteiger partial charge in [-0.25, -0.2) is 8.42 Å². The number of hydrogen-bond acceptors (Lipinski definition) is 4. The van der Waals surface area contributed by atoms with E-state index in [0.29, 0.717) is 18.4 Å². The zero-order valence-electron chi connectivity index (χ0n) is 10.3. The van der Waals surface area contributed by atoms with Crippen LogP contribution in [0.15, 0.2) is 15.7 Å². The van der Waals surface area contributed by atoms with E-state index in [2.05, 4.69) is 4.72 Å². The van der Waals surface area contributed by atoms with Gasteiger partial charge >= 0.3 is 5.97 Å². The van der Waals surface area contributed by atoms with Crippen LogP contribution in [-0.4, -0.2) is 25.5 Å². The Morgan fingerprint density at radius 3 is 2.67 bits per heavy atom. The molecule has 0 bridgehead atoms. The molecule has 18 heavy (non-hydrogen) atoms. The van der Waals surface area contributed by atoms with Crippen LogP contribution in [0.2, 0.25) is 0 Å². The molecule has 0 aromatic carbocycles. The second kappa shape index (κ2) is 6.31. The fourth-order valence-corrected chi connectivity index (χ4v) is 4.18. The maximum absolute atomic E-state index is 12.0. The molecule has 0 aliphatic carbocycles. The summed E-state index contributed by atoms with van der Waals surface area (Å²) in [6, 6.07) is 0.637. The highest BCUT2D eigenvalue weighted by atomic mass is 32.2. The number of nitrogens with one attached hydrogen (secondary N) is 1. The van der Waals surface area contributed by atoms with Crippen LogP contribution in [0.4, 0.5) is 0 Å². The summed E-state index contributed by atoms with van der Waals surface area (Å²) < 4.78 is 26.5. The Morgan fingerprint density at radius 1 is 1.56 bits per heavy atom. The van der Waals surface area contributed by atoms with E-state index in [0.717, 1.165) is 17.8 Å². The Labute approximate surface area is 111 Å². The molecule has 0 radical (unpaired) electrons. The van der Waals surface area contributed by atoms with Crippen molar-refractivity contribution in [2.24, 2.45) is 0 Å². The monoisotopic (exact) mass is 291 g/mol. The summed E-state index contributed by atoms with van der Waals surface area (Å²) in [7, 11) is -3.73. The van der Waals surface area contributed by atoms with Crippen LogP contribution in [0.5, 0.6) is 0 Å². The molecule has 0 spiro atoms. The number of unbranched alkanes of at least 4 members (excludes halogenated alkanes) is 1. The highest BCUT2D eigenvalue weighted by Gasteiger charge is 2.26. The molecule has 7 heteroatoms. The van der Waals surface area contributed by atoms with E-state index in [4.69, 9.17) is 5.11 Å². The minimum Gasteiger partial charge on any atom is -0.480 e. The van der Waals surface area contributed by atoms with Gasteiger partial charge in [0.2, 0.25) is 0 Å². The molecule has 0 saturated carbocycles. The average molecular weight is 291 g/mol. The topological polar surface area (TPSA) is 83.5 Å². The first-order valence-corrected chi connectivity index (χ1v) is 8.04. The number of aryl methyl sites for hydroxylation is 1. The molecular formula is C11H17NO4S2. The lowest BCUT2D eigenvalue weighted by molar-refractivity contribution is -0.139. The first kappa shape index (κ1) is 15.1. The first-order chi connectivity index (χ1) is 8.38. The van der Waals surface area contributed by atoms with Crippen molar-refractivity contribution in [3.8, 4) is 0 Å². The summed E-state index contributed by atoms with van der Waals surface area (Å²) in [6.07, 6.45) is 1.79. The van der Waals surface area contributed by atoms with E-state index < -0.39 is 22.0 Å². The van der Waals surface area contributed by atoms with Crippen molar-refractivity contribution in [1.29, 1.82) is 0 Å². The first-order valence-electron chi connectivity index (χ1n) is 5.67. The SMILES string of the molecule is CCCCC(NS(=O)(=O)c1sccc1C)C(=O)O. The van der Waals surface area contributed by atoms with E-state index in [9.17, 15) is 13.2 Å². The number of hydrogen-bond donors (Lipinski definition) is 2. The van der Waals surface area contributed by atoms with Gasteiger partial charge in [0.05, 0.1) is 0 Å². The van der Waals surface area contributed by atoms with Crippen LogP contribution in [0.25, 0.3) is 0 Å². The van der Waals surface area contributed by atoms with Gasteiger partial charge in [0, 0.05) is 0 Å². The molecule has 1 unspecified atom stereocenters. The Kier molecular flexibility index (Phi) is 5.30. The predicted molar refractivity (Wildman–Crippen MR) is 70.3 cm³/mol. The standard InChI is InChI=1S/C11H17NO4S2/c1-3-4-5-9(10(13)14)12-18(15,16)11-8(2)6-7-17-11/h6-7,9,12H,3-5H2,1-2H3,(H,13,14). The van der Waals surface area contributed by atoms with E-state index in [-0.39, 0.29) is 4.21 Å². The number of carboxylic acid groups (broad SMARTS) is 1. The lowest BCUT2D eigenvalue weighted by Crippen LogP contribution is -2.40. The van der Waals surface area contributed by atoms with Gasteiger partial charge in [0.15, 0.2) is 0 Å². The van der Waals surface area contributed by atoms with Gasteiger partial charge in [-0.05, 0) is 30.4 Å². The fraction of sp³-hybridized carbons (Fsp3) is 0.545. The summed E-state index contributed by atoms with van der Waals surface area (Å²) in [5.74, 6) is -1.14. The Morgan fingerprint density at radius 2 is 2.22 bits per heavy atom.